The van der Waals surface area contributed by atoms with E-state index in [4.69, 9.17) is 24.8 Å². The minimum Gasteiger partial charge on any atom is -0.480 e. The summed E-state index contributed by atoms with van der Waals surface area (Å²) in [5.41, 5.74) is 5.33. The van der Waals surface area contributed by atoms with Crippen molar-refractivity contribution in [2.75, 3.05) is 19.8 Å². The van der Waals surface area contributed by atoms with E-state index in [1.807, 2.05) is 0 Å². The molecule has 12 heteroatoms. The predicted molar refractivity (Wildman–Crippen MR) is 217 cm³/mol. The first-order chi connectivity index (χ1) is 26.1. The van der Waals surface area contributed by atoms with Crippen LogP contribution in [0.25, 0.3) is 0 Å². The standard InChI is InChI=1S/C42H80NO10P/c1-3-5-7-9-11-13-15-16-17-18-19-20-21-22-24-26-28-30-32-34-41(45)53-38(36-51-54(48,49)52-37-39(43)42(46)47)35-50-40(44)33-31-29-27-25-23-14-12-10-8-6-4-2/h10,12,38-39H,3-9,11,13-37,43H2,1-2H3,(H,46,47)(H,48,49)/b12-10+/t38-,39-/m0/s1. The maximum absolute atomic E-state index is 12.6. The molecule has 11 nitrogen and oxygen atoms in total. The molecular formula is C42H80NO10P. The normalized spacial score (nSPS) is 13.9. The van der Waals surface area contributed by atoms with Crippen LogP contribution in [-0.2, 0) is 37.5 Å². The largest absolute Gasteiger partial charge is 0.480 e. The van der Waals surface area contributed by atoms with E-state index >= 15 is 0 Å². The van der Waals surface area contributed by atoms with Gasteiger partial charge in [-0.25, -0.2) is 4.57 Å². The van der Waals surface area contributed by atoms with Gasteiger partial charge >= 0.3 is 25.7 Å². The average molecular weight is 790 g/mol. The molecule has 0 heterocycles. The Bertz CT molecular complexity index is 979. The van der Waals surface area contributed by atoms with E-state index < -0.39 is 51.1 Å². The van der Waals surface area contributed by atoms with E-state index in [0.717, 1.165) is 57.8 Å². The SMILES string of the molecule is CCCC/C=C/CCCCCCCC(=O)OC[C@@H](COP(=O)(O)OC[C@H](N)C(=O)O)OC(=O)CCCCCCCCCCCCCCCCCCCCC. The second-order valence-corrected chi connectivity index (χ2v) is 16.3. The second kappa shape index (κ2) is 38.1. The van der Waals surface area contributed by atoms with Crippen molar-refractivity contribution in [3.63, 3.8) is 0 Å². The molecule has 0 aromatic heterocycles. The van der Waals surface area contributed by atoms with Crippen LogP contribution in [0.4, 0.5) is 0 Å². The summed E-state index contributed by atoms with van der Waals surface area (Å²) in [7, 11) is -4.71. The topological polar surface area (TPSA) is 172 Å². The van der Waals surface area contributed by atoms with E-state index in [1.54, 1.807) is 0 Å². The molecule has 0 aromatic carbocycles. The third-order valence-electron chi connectivity index (χ3n) is 9.51. The number of hydrogen-bond donors (Lipinski definition) is 3. The van der Waals surface area contributed by atoms with Crippen LogP contribution in [-0.4, -0.2) is 59.9 Å². The number of esters is 2. The lowest BCUT2D eigenvalue weighted by Crippen LogP contribution is -2.34. The zero-order valence-electron chi connectivity index (χ0n) is 34.3. The molecule has 0 rings (SSSR count). The van der Waals surface area contributed by atoms with E-state index in [2.05, 4.69) is 30.5 Å². The summed E-state index contributed by atoms with van der Waals surface area (Å²) in [5, 5.41) is 8.88. The number of carbonyl (C=O) groups is 3. The molecule has 0 saturated heterocycles. The Hall–Kier alpha value is -1.78. The zero-order valence-corrected chi connectivity index (χ0v) is 35.2. The van der Waals surface area contributed by atoms with E-state index in [1.165, 1.54) is 109 Å². The molecule has 4 N–H and O–H groups in total. The summed E-state index contributed by atoms with van der Waals surface area (Å²) in [4.78, 5) is 45.9. The smallest absolute Gasteiger partial charge is 0.472 e. The van der Waals surface area contributed by atoms with Gasteiger partial charge in [-0.05, 0) is 32.1 Å². The van der Waals surface area contributed by atoms with Crippen LogP contribution < -0.4 is 5.73 Å². The number of carboxylic acid groups (broad SMARTS) is 1. The van der Waals surface area contributed by atoms with Crippen molar-refractivity contribution in [1.82, 2.24) is 0 Å². The molecule has 3 atom stereocenters. The Morgan fingerprint density at radius 2 is 0.944 bits per heavy atom. The number of rotatable bonds is 41. The highest BCUT2D eigenvalue weighted by Gasteiger charge is 2.28. The van der Waals surface area contributed by atoms with Gasteiger partial charge in [0.05, 0.1) is 13.2 Å². The van der Waals surface area contributed by atoms with Gasteiger partial charge in [-0.3, -0.25) is 23.4 Å². The first-order valence-corrected chi connectivity index (χ1v) is 23.2. The van der Waals surface area contributed by atoms with Gasteiger partial charge in [-0.1, -0.05) is 174 Å². The highest BCUT2D eigenvalue weighted by molar-refractivity contribution is 7.47. The molecule has 0 amide bonds. The Balaban J connectivity index is 4.28. The van der Waals surface area contributed by atoms with Crippen LogP contribution in [0.15, 0.2) is 12.2 Å². The van der Waals surface area contributed by atoms with Crippen LogP contribution in [0.3, 0.4) is 0 Å². The first kappa shape index (κ1) is 52.2. The Kier molecular flexibility index (Phi) is 36.9. The fourth-order valence-corrected chi connectivity index (χ4v) is 6.82. The lowest BCUT2D eigenvalue weighted by Gasteiger charge is -2.20. The third-order valence-corrected chi connectivity index (χ3v) is 10.5. The summed E-state index contributed by atoms with van der Waals surface area (Å²) < 4.78 is 32.6. The molecule has 0 aliphatic rings. The van der Waals surface area contributed by atoms with E-state index in [-0.39, 0.29) is 19.4 Å². The molecule has 0 bridgehead atoms. The molecule has 0 fully saturated rings. The Morgan fingerprint density at radius 3 is 1.41 bits per heavy atom. The maximum atomic E-state index is 12.6. The number of phosphoric ester groups is 1. The number of carbonyl (C=O) groups excluding carboxylic acids is 2. The molecule has 0 aliphatic carbocycles. The first-order valence-electron chi connectivity index (χ1n) is 21.7. The summed E-state index contributed by atoms with van der Waals surface area (Å²) in [6.07, 6.45) is 37.1. The highest BCUT2D eigenvalue weighted by Crippen LogP contribution is 2.43. The minimum absolute atomic E-state index is 0.165. The van der Waals surface area contributed by atoms with Gasteiger partial charge in [-0.15, -0.1) is 0 Å². The average Bonchev–Trinajstić information content (AvgIpc) is 3.14. The Labute approximate surface area is 328 Å². The summed E-state index contributed by atoms with van der Waals surface area (Å²) in [6, 6.07) is -1.52. The van der Waals surface area contributed by atoms with Gasteiger partial charge in [0.15, 0.2) is 6.10 Å². The van der Waals surface area contributed by atoms with Crippen LogP contribution >= 0.6 is 7.82 Å². The molecule has 0 radical (unpaired) electrons. The molecule has 0 aliphatic heterocycles. The molecule has 0 saturated carbocycles. The van der Waals surface area contributed by atoms with Gasteiger partial charge < -0.3 is 25.2 Å². The quantitative estimate of drug-likeness (QED) is 0.0233. The number of ether oxygens (including phenoxy) is 2. The molecule has 0 aromatic rings. The van der Waals surface area contributed by atoms with Crippen molar-refractivity contribution in [2.24, 2.45) is 5.73 Å². The number of hydrogen-bond acceptors (Lipinski definition) is 9. The van der Waals surface area contributed by atoms with Gasteiger partial charge in [0, 0.05) is 12.8 Å². The van der Waals surface area contributed by atoms with Crippen LogP contribution in [0.2, 0.25) is 0 Å². The van der Waals surface area contributed by atoms with E-state index in [9.17, 15) is 23.8 Å². The summed E-state index contributed by atoms with van der Waals surface area (Å²) in [6.45, 7) is 2.77. The minimum atomic E-state index is -4.71. The van der Waals surface area contributed by atoms with Crippen molar-refractivity contribution in [3.05, 3.63) is 12.2 Å². The summed E-state index contributed by atoms with van der Waals surface area (Å²) in [5.74, 6) is -2.38. The molecule has 318 valence electrons. The zero-order chi connectivity index (χ0) is 40.0. The molecular weight excluding hydrogens is 709 g/mol. The van der Waals surface area contributed by atoms with Crippen molar-refractivity contribution in [2.45, 2.75) is 219 Å². The van der Waals surface area contributed by atoms with Crippen molar-refractivity contribution < 1.29 is 47.5 Å². The third kappa shape index (κ3) is 37.2. The van der Waals surface area contributed by atoms with Crippen LogP contribution in [0.1, 0.15) is 206 Å². The number of unbranched alkanes of at least 4 members (excludes halogenated alkanes) is 25. The number of allylic oxidation sites excluding steroid dienone is 2. The predicted octanol–water partition coefficient (Wildman–Crippen LogP) is 11.3. The molecule has 0 spiro atoms. The molecule has 54 heavy (non-hydrogen) atoms. The van der Waals surface area contributed by atoms with Gasteiger partial charge in [0.2, 0.25) is 0 Å². The maximum Gasteiger partial charge on any atom is 0.472 e. The van der Waals surface area contributed by atoms with Crippen molar-refractivity contribution in [1.29, 1.82) is 0 Å². The lowest BCUT2D eigenvalue weighted by molar-refractivity contribution is -0.161. The van der Waals surface area contributed by atoms with Crippen LogP contribution in [0, 0.1) is 0 Å². The molecule has 1 unspecified atom stereocenters. The fourth-order valence-electron chi connectivity index (χ4n) is 6.05. The number of nitrogens with two attached hydrogens (primary N) is 1. The van der Waals surface area contributed by atoms with Gasteiger partial charge in [-0.2, -0.15) is 0 Å². The number of aliphatic carboxylic acids is 1. The van der Waals surface area contributed by atoms with Crippen LogP contribution in [0.5, 0.6) is 0 Å². The number of phosphoric acid groups is 1. The monoisotopic (exact) mass is 790 g/mol. The second-order valence-electron chi connectivity index (χ2n) is 14.8. The van der Waals surface area contributed by atoms with E-state index in [0.29, 0.717) is 12.8 Å². The van der Waals surface area contributed by atoms with Gasteiger partial charge in [0.1, 0.15) is 12.6 Å². The summed E-state index contributed by atoms with van der Waals surface area (Å²) >= 11 is 0. The fraction of sp³-hybridized carbons (Fsp3) is 0.881. The highest BCUT2D eigenvalue weighted by atomic mass is 31.2. The van der Waals surface area contributed by atoms with Gasteiger partial charge in [0.25, 0.3) is 0 Å². The Morgan fingerprint density at radius 1 is 0.556 bits per heavy atom. The lowest BCUT2D eigenvalue weighted by atomic mass is 10.0. The number of carboxylic acids is 1. The van der Waals surface area contributed by atoms with Crippen molar-refractivity contribution in [3.8, 4) is 0 Å². The van der Waals surface area contributed by atoms with Crippen molar-refractivity contribution >= 4 is 25.7 Å².